The van der Waals surface area contributed by atoms with Crippen LogP contribution in [0, 0.1) is 0 Å². The second-order valence-electron chi connectivity index (χ2n) is 3.70. The number of aromatic nitrogens is 1. The van der Waals surface area contributed by atoms with E-state index in [1.165, 1.54) is 18.3 Å². The summed E-state index contributed by atoms with van der Waals surface area (Å²) in [4.78, 5) is 25.4. The molecule has 0 aliphatic carbocycles. The number of carbonyl (C=O) groups excluding carboxylic acids is 1. The molecular weight excluding hydrogens is 242 g/mol. The van der Waals surface area contributed by atoms with Gasteiger partial charge < -0.3 is 15.7 Å². The lowest BCUT2D eigenvalue weighted by molar-refractivity contribution is -0.136. The van der Waals surface area contributed by atoms with Crippen molar-refractivity contribution in [3.8, 4) is 0 Å². The van der Waals surface area contributed by atoms with Crippen molar-refractivity contribution in [2.45, 2.75) is 26.3 Å². The van der Waals surface area contributed by atoms with E-state index >= 15 is 0 Å². The molecule has 1 aromatic heterocycles. The molecule has 0 aliphatic heterocycles. The molecule has 0 saturated heterocycles. The Morgan fingerprint density at radius 1 is 1.59 bits per heavy atom. The van der Waals surface area contributed by atoms with E-state index in [0.29, 0.717) is 17.4 Å². The summed E-state index contributed by atoms with van der Waals surface area (Å²) in [5.74, 6) is -0.974. The van der Waals surface area contributed by atoms with Crippen LogP contribution in [0.1, 0.15) is 19.5 Å². The number of carboxylic acid groups (broad SMARTS) is 1. The van der Waals surface area contributed by atoms with Gasteiger partial charge in [0, 0.05) is 24.9 Å². The van der Waals surface area contributed by atoms with Crippen molar-refractivity contribution in [2.75, 3.05) is 11.9 Å². The van der Waals surface area contributed by atoms with E-state index in [0.717, 1.165) is 0 Å². The molecule has 1 heterocycles. The van der Waals surface area contributed by atoms with Crippen molar-refractivity contribution in [1.82, 2.24) is 10.3 Å². The molecule has 1 amide bonds. The zero-order valence-corrected chi connectivity index (χ0v) is 10.5. The molecule has 1 aromatic rings. The van der Waals surface area contributed by atoms with E-state index in [1.807, 2.05) is 6.92 Å². The highest BCUT2D eigenvalue weighted by molar-refractivity contribution is 7.13. The van der Waals surface area contributed by atoms with Crippen molar-refractivity contribution in [3.05, 3.63) is 11.1 Å². The molecule has 0 radical (unpaired) electrons. The Kier molecular flexibility index (Phi) is 4.89. The van der Waals surface area contributed by atoms with Crippen LogP contribution in [-0.4, -0.2) is 34.6 Å². The average Bonchev–Trinajstić information content (AvgIpc) is 2.60. The lowest BCUT2D eigenvalue weighted by atomic mass is 10.3. The van der Waals surface area contributed by atoms with Gasteiger partial charge in [-0.1, -0.05) is 0 Å². The largest absolute Gasteiger partial charge is 0.481 e. The number of hydrogen-bond acceptors (Lipinski definition) is 5. The van der Waals surface area contributed by atoms with Crippen LogP contribution in [-0.2, 0) is 16.0 Å². The Balaban J connectivity index is 2.39. The highest BCUT2D eigenvalue weighted by atomic mass is 32.1. The first-order chi connectivity index (χ1) is 7.97. The maximum Gasteiger partial charge on any atom is 0.309 e. The standard InChI is InChI=1S/C10H15N3O3S/c1-6(12-7(2)14)4-11-10-13-8(5-17-10)3-9(15)16/h5-6H,3-4H2,1-2H3,(H,11,13)(H,12,14)(H,15,16). The normalized spacial score (nSPS) is 11.9. The maximum absolute atomic E-state index is 10.8. The summed E-state index contributed by atoms with van der Waals surface area (Å²) in [6.45, 7) is 3.89. The maximum atomic E-state index is 10.8. The van der Waals surface area contributed by atoms with E-state index in [4.69, 9.17) is 5.11 Å². The van der Waals surface area contributed by atoms with Crippen LogP contribution in [0.15, 0.2) is 5.38 Å². The van der Waals surface area contributed by atoms with Crippen LogP contribution in [0.4, 0.5) is 5.13 Å². The molecule has 0 fully saturated rings. The van der Waals surface area contributed by atoms with E-state index in [9.17, 15) is 9.59 Å². The van der Waals surface area contributed by atoms with Crippen LogP contribution in [0.3, 0.4) is 0 Å². The lowest BCUT2D eigenvalue weighted by Gasteiger charge is -2.12. The minimum Gasteiger partial charge on any atom is -0.481 e. The highest BCUT2D eigenvalue weighted by Gasteiger charge is 2.07. The molecule has 0 aliphatic rings. The fourth-order valence-corrected chi connectivity index (χ4v) is 1.98. The molecule has 7 heteroatoms. The molecule has 1 unspecified atom stereocenters. The fourth-order valence-electron chi connectivity index (χ4n) is 1.26. The molecular formula is C10H15N3O3S. The number of rotatable bonds is 6. The van der Waals surface area contributed by atoms with Crippen molar-refractivity contribution in [3.63, 3.8) is 0 Å². The Morgan fingerprint density at radius 2 is 2.29 bits per heavy atom. The molecule has 1 atom stereocenters. The van der Waals surface area contributed by atoms with Gasteiger partial charge in [-0.2, -0.15) is 0 Å². The first kappa shape index (κ1) is 13.4. The number of aliphatic carboxylic acids is 1. The molecule has 3 N–H and O–H groups in total. The number of anilines is 1. The average molecular weight is 257 g/mol. The first-order valence-electron chi connectivity index (χ1n) is 5.14. The Morgan fingerprint density at radius 3 is 2.88 bits per heavy atom. The lowest BCUT2D eigenvalue weighted by Crippen LogP contribution is -2.35. The molecule has 17 heavy (non-hydrogen) atoms. The quantitative estimate of drug-likeness (QED) is 0.698. The van der Waals surface area contributed by atoms with Crippen molar-refractivity contribution in [1.29, 1.82) is 0 Å². The van der Waals surface area contributed by atoms with E-state index < -0.39 is 5.97 Å². The first-order valence-corrected chi connectivity index (χ1v) is 6.02. The van der Waals surface area contributed by atoms with Gasteiger partial charge in [0.25, 0.3) is 0 Å². The van der Waals surface area contributed by atoms with Crippen LogP contribution >= 0.6 is 11.3 Å². The Labute approximate surface area is 103 Å². The third-order valence-electron chi connectivity index (χ3n) is 1.89. The summed E-state index contributed by atoms with van der Waals surface area (Å²) in [6.07, 6.45) is -0.0700. The zero-order chi connectivity index (χ0) is 12.8. The summed E-state index contributed by atoms with van der Waals surface area (Å²) >= 11 is 1.35. The number of nitrogens with one attached hydrogen (secondary N) is 2. The number of amides is 1. The monoisotopic (exact) mass is 257 g/mol. The summed E-state index contributed by atoms with van der Waals surface area (Å²) in [5.41, 5.74) is 0.539. The number of carboxylic acids is 1. The third-order valence-corrected chi connectivity index (χ3v) is 2.74. The van der Waals surface area contributed by atoms with Gasteiger partial charge in [0.1, 0.15) is 0 Å². The number of hydrogen-bond donors (Lipinski definition) is 3. The number of thiazole rings is 1. The highest BCUT2D eigenvalue weighted by Crippen LogP contribution is 2.15. The van der Waals surface area contributed by atoms with Gasteiger partial charge in [-0.15, -0.1) is 11.3 Å². The molecule has 0 spiro atoms. The molecule has 94 valence electrons. The van der Waals surface area contributed by atoms with Gasteiger partial charge in [-0.25, -0.2) is 4.98 Å². The van der Waals surface area contributed by atoms with Gasteiger partial charge in [0.2, 0.25) is 5.91 Å². The third kappa shape index (κ3) is 5.30. The summed E-state index contributed by atoms with van der Waals surface area (Å²) < 4.78 is 0. The van der Waals surface area contributed by atoms with Gasteiger partial charge in [0.05, 0.1) is 12.1 Å². The van der Waals surface area contributed by atoms with E-state index in [2.05, 4.69) is 15.6 Å². The molecule has 6 nitrogen and oxygen atoms in total. The van der Waals surface area contributed by atoms with Crippen molar-refractivity contribution in [2.24, 2.45) is 0 Å². The number of carbonyl (C=O) groups is 2. The summed E-state index contributed by atoms with van der Waals surface area (Å²) in [6, 6.07) is -0.000626. The molecule has 0 aromatic carbocycles. The van der Waals surface area contributed by atoms with Gasteiger partial charge in [-0.05, 0) is 6.92 Å². The predicted octanol–water partition coefficient (Wildman–Crippen LogP) is 0.707. The zero-order valence-electron chi connectivity index (χ0n) is 9.69. The van der Waals surface area contributed by atoms with Crippen LogP contribution in [0.25, 0.3) is 0 Å². The summed E-state index contributed by atoms with van der Waals surface area (Å²) in [5, 5.41) is 16.7. The van der Waals surface area contributed by atoms with Gasteiger partial charge in [-0.3, -0.25) is 9.59 Å². The second-order valence-corrected chi connectivity index (χ2v) is 4.56. The molecule has 0 bridgehead atoms. The number of nitrogens with zero attached hydrogens (tertiary/aromatic N) is 1. The van der Waals surface area contributed by atoms with Crippen LogP contribution < -0.4 is 10.6 Å². The van der Waals surface area contributed by atoms with Crippen molar-refractivity contribution >= 4 is 28.3 Å². The Hall–Kier alpha value is -1.63. The minimum atomic E-state index is -0.895. The minimum absolute atomic E-state index is 0.000626. The van der Waals surface area contributed by atoms with E-state index in [1.54, 1.807) is 5.38 Å². The Bertz CT molecular complexity index is 405. The van der Waals surface area contributed by atoms with Gasteiger partial charge >= 0.3 is 5.97 Å². The van der Waals surface area contributed by atoms with Crippen molar-refractivity contribution < 1.29 is 14.7 Å². The fraction of sp³-hybridized carbons (Fsp3) is 0.500. The van der Waals surface area contributed by atoms with Crippen LogP contribution in [0.5, 0.6) is 0 Å². The topological polar surface area (TPSA) is 91.3 Å². The van der Waals surface area contributed by atoms with Crippen LogP contribution in [0.2, 0.25) is 0 Å². The second kappa shape index (κ2) is 6.19. The molecule has 0 saturated carbocycles. The van der Waals surface area contributed by atoms with E-state index in [-0.39, 0.29) is 18.4 Å². The predicted molar refractivity (Wildman–Crippen MR) is 65.2 cm³/mol. The van der Waals surface area contributed by atoms with Gasteiger partial charge in [0.15, 0.2) is 5.13 Å². The smallest absolute Gasteiger partial charge is 0.309 e. The molecule has 1 rings (SSSR count). The summed E-state index contributed by atoms with van der Waals surface area (Å²) in [7, 11) is 0. The SMILES string of the molecule is CC(=O)NC(C)CNc1nc(CC(=O)O)cs1.